The number of rotatable bonds is 4. The van der Waals surface area contributed by atoms with Gasteiger partial charge in [0.25, 0.3) is 0 Å². The minimum atomic E-state index is -0.790. The second-order valence-electron chi connectivity index (χ2n) is 4.78. The molecule has 1 N–H and O–H groups in total. The Bertz CT molecular complexity index is 430. The van der Waals surface area contributed by atoms with E-state index in [1.807, 2.05) is 11.8 Å². The maximum atomic E-state index is 12.8. The molecule has 2 rings (SSSR count). The van der Waals surface area contributed by atoms with Gasteiger partial charge in [0, 0.05) is 32.2 Å². The summed E-state index contributed by atoms with van der Waals surface area (Å²) in [6, 6.07) is 3.23. The zero-order valence-corrected chi connectivity index (χ0v) is 10.9. The van der Waals surface area contributed by atoms with Crippen LogP contribution in [-0.2, 0) is 4.79 Å². The molecule has 2 heterocycles. The van der Waals surface area contributed by atoms with Crippen LogP contribution in [0.25, 0.3) is 0 Å². The molecule has 0 bridgehead atoms. The third kappa shape index (κ3) is 3.71. The number of carboxylic acid groups (broad SMARTS) is 1. The Morgan fingerprint density at radius 2 is 2.11 bits per heavy atom. The van der Waals surface area contributed by atoms with Gasteiger partial charge in [-0.3, -0.25) is 19.6 Å². The highest BCUT2D eigenvalue weighted by molar-refractivity contribution is 5.69. The van der Waals surface area contributed by atoms with Gasteiger partial charge in [-0.05, 0) is 19.1 Å². The first-order valence-corrected chi connectivity index (χ1v) is 6.36. The van der Waals surface area contributed by atoms with Crippen LogP contribution >= 0.6 is 0 Å². The molecule has 0 aromatic carbocycles. The van der Waals surface area contributed by atoms with Gasteiger partial charge in [0.05, 0.1) is 18.4 Å². The van der Waals surface area contributed by atoms with Gasteiger partial charge in [0.1, 0.15) is 5.82 Å². The average Bonchev–Trinajstić information content (AvgIpc) is 2.39. The Balaban J connectivity index is 1.90. The fourth-order valence-corrected chi connectivity index (χ4v) is 2.32. The van der Waals surface area contributed by atoms with Gasteiger partial charge in [-0.15, -0.1) is 0 Å². The molecule has 1 aromatic heterocycles. The van der Waals surface area contributed by atoms with E-state index in [0.717, 1.165) is 31.9 Å². The molecule has 0 radical (unpaired) electrons. The Labute approximate surface area is 111 Å². The van der Waals surface area contributed by atoms with Crippen molar-refractivity contribution in [2.45, 2.75) is 13.0 Å². The molecule has 1 aliphatic heterocycles. The Morgan fingerprint density at radius 1 is 1.42 bits per heavy atom. The maximum Gasteiger partial charge on any atom is 0.317 e. The molecule has 0 amide bonds. The van der Waals surface area contributed by atoms with Crippen molar-refractivity contribution in [1.29, 1.82) is 0 Å². The summed E-state index contributed by atoms with van der Waals surface area (Å²) in [5.41, 5.74) is 0.841. The third-order valence-electron chi connectivity index (χ3n) is 3.49. The van der Waals surface area contributed by atoms with E-state index in [2.05, 4.69) is 9.88 Å². The van der Waals surface area contributed by atoms with Crippen molar-refractivity contribution in [3.8, 4) is 0 Å². The summed E-state index contributed by atoms with van der Waals surface area (Å²) in [7, 11) is 0. The van der Waals surface area contributed by atoms with Crippen molar-refractivity contribution in [2.24, 2.45) is 0 Å². The summed E-state index contributed by atoms with van der Waals surface area (Å²) in [5, 5.41) is 8.74. The Kier molecular flexibility index (Phi) is 4.44. The van der Waals surface area contributed by atoms with Crippen LogP contribution in [0, 0.1) is 5.82 Å². The average molecular weight is 267 g/mol. The van der Waals surface area contributed by atoms with E-state index in [-0.39, 0.29) is 18.4 Å². The number of carbonyl (C=O) groups is 1. The summed E-state index contributed by atoms with van der Waals surface area (Å²) in [6.45, 7) is 5.20. The summed E-state index contributed by atoms with van der Waals surface area (Å²) in [4.78, 5) is 18.9. The van der Waals surface area contributed by atoms with Crippen molar-refractivity contribution in [2.75, 3.05) is 32.7 Å². The lowest BCUT2D eigenvalue weighted by atomic mass is 10.1. The highest BCUT2D eigenvalue weighted by Gasteiger charge is 2.23. The number of hydrogen-bond donors (Lipinski definition) is 1. The standard InChI is InChI=1S/C13H18FN3O2/c1-10(12-3-2-11(14)8-15-12)17-6-4-16(5-7-17)9-13(18)19/h2-3,8,10H,4-7,9H2,1H3,(H,18,19). The van der Waals surface area contributed by atoms with Crippen LogP contribution in [0.4, 0.5) is 4.39 Å². The van der Waals surface area contributed by atoms with Crippen molar-refractivity contribution in [3.63, 3.8) is 0 Å². The number of aromatic nitrogens is 1. The molecule has 1 atom stereocenters. The van der Waals surface area contributed by atoms with E-state index in [1.54, 1.807) is 6.07 Å². The van der Waals surface area contributed by atoms with E-state index in [1.165, 1.54) is 12.3 Å². The molecule has 6 heteroatoms. The van der Waals surface area contributed by atoms with Crippen molar-refractivity contribution >= 4 is 5.97 Å². The number of halogens is 1. The number of carboxylic acids is 1. The number of piperazine rings is 1. The van der Waals surface area contributed by atoms with E-state index >= 15 is 0 Å². The summed E-state index contributed by atoms with van der Waals surface area (Å²) in [5.74, 6) is -1.12. The van der Waals surface area contributed by atoms with Crippen molar-refractivity contribution in [1.82, 2.24) is 14.8 Å². The van der Waals surface area contributed by atoms with Gasteiger partial charge in [0.15, 0.2) is 0 Å². The SMILES string of the molecule is CC(c1ccc(F)cn1)N1CCN(CC(=O)O)CC1. The van der Waals surface area contributed by atoms with Crippen LogP contribution < -0.4 is 0 Å². The topological polar surface area (TPSA) is 56.7 Å². The molecular weight excluding hydrogens is 249 g/mol. The zero-order valence-electron chi connectivity index (χ0n) is 10.9. The number of hydrogen-bond acceptors (Lipinski definition) is 4. The molecular formula is C13H18FN3O2. The second-order valence-corrected chi connectivity index (χ2v) is 4.78. The lowest BCUT2D eigenvalue weighted by Crippen LogP contribution is -2.48. The lowest BCUT2D eigenvalue weighted by Gasteiger charge is -2.37. The smallest absolute Gasteiger partial charge is 0.317 e. The van der Waals surface area contributed by atoms with Crippen molar-refractivity contribution < 1.29 is 14.3 Å². The Morgan fingerprint density at radius 3 is 2.63 bits per heavy atom. The summed E-state index contributed by atoms with van der Waals surface area (Å²) >= 11 is 0. The molecule has 0 saturated carbocycles. The molecule has 0 aliphatic carbocycles. The van der Waals surface area contributed by atoms with Crippen LogP contribution in [0.15, 0.2) is 18.3 Å². The maximum absolute atomic E-state index is 12.8. The van der Waals surface area contributed by atoms with Gasteiger partial charge < -0.3 is 5.11 Å². The van der Waals surface area contributed by atoms with Crippen LogP contribution in [0.5, 0.6) is 0 Å². The quantitative estimate of drug-likeness (QED) is 0.881. The predicted octanol–water partition coefficient (Wildman–Crippen LogP) is 0.984. The fourth-order valence-electron chi connectivity index (χ4n) is 2.32. The molecule has 1 fully saturated rings. The number of nitrogens with zero attached hydrogens (tertiary/aromatic N) is 3. The van der Waals surface area contributed by atoms with Gasteiger partial charge in [-0.1, -0.05) is 0 Å². The first kappa shape index (κ1) is 13.9. The van der Waals surface area contributed by atoms with Gasteiger partial charge >= 0.3 is 5.97 Å². The molecule has 1 unspecified atom stereocenters. The number of pyridine rings is 1. The molecule has 5 nitrogen and oxygen atoms in total. The highest BCUT2D eigenvalue weighted by atomic mass is 19.1. The molecule has 1 aromatic rings. The van der Waals surface area contributed by atoms with E-state index in [4.69, 9.17) is 5.11 Å². The second kappa shape index (κ2) is 6.08. The molecule has 1 aliphatic rings. The molecule has 0 spiro atoms. The lowest BCUT2D eigenvalue weighted by molar-refractivity contribution is -0.138. The third-order valence-corrected chi connectivity index (χ3v) is 3.49. The van der Waals surface area contributed by atoms with E-state index in [0.29, 0.717) is 0 Å². The summed E-state index contributed by atoms with van der Waals surface area (Å²) < 4.78 is 12.8. The van der Waals surface area contributed by atoms with Crippen LogP contribution in [-0.4, -0.2) is 58.6 Å². The highest BCUT2D eigenvalue weighted by Crippen LogP contribution is 2.19. The molecule has 1 saturated heterocycles. The van der Waals surface area contributed by atoms with E-state index < -0.39 is 5.97 Å². The van der Waals surface area contributed by atoms with Crippen LogP contribution in [0.1, 0.15) is 18.7 Å². The molecule has 104 valence electrons. The van der Waals surface area contributed by atoms with E-state index in [9.17, 15) is 9.18 Å². The van der Waals surface area contributed by atoms with Crippen LogP contribution in [0.2, 0.25) is 0 Å². The minimum Gasteiger partial charge on any atom is -0.480 e. The fraction of sp³-hybridized carbons (Fsp3) is 0.538. The largest absolute Gasteiger partial charge is 0.480 e. The monoisotopic (exact) mass is 267 g/mol. The molecule has 19 heavy (non-hydrogen) atoms. The first-order valence-electron chi connectivity index (χ1n) is 6.36. The zero-order chi connectivity index (χ0) is 13.8. The van der Waals surface area contributed by atoms with Gasteiger partial charge in [-0.25, -0.2) is 4.39 Å². The minimum absolute atomic E-state index is 0.0943. The summed E-state index contributed by atoms with van der Waals surface area (Å²) in [6.07, 6.45) is 1.23. The van der Waals surface area contributed by atoms with Gasteiger partial charge in [0.2, 0.25) is 0 Å². The predicted molar refractivity (Wildman–Crippen MR) is 68.3 cm³/mol. The Hall–Kier alpha value is -1.53. The number of aliphatic carboxylic acids is 1. The van der Waals surface area contributed by atoms with Crippen LogP contribution in [0.3, 0.4) is 0 Å². The van der Waals surface area contributed by atoms with Gasteiger partial charge in [-0.2, -0.15) is 0 Å². The normalized spacial score (nSPS) is 19.3. The first-order chi connectivity index (χ1) is 9.06. The van der Waals surface area contributed by atoms with Crippen molar-refractivity contribution in [3.05, 3.63) is 29.8 Å².